The first-order chi connectivity index (χ1) is 7.18. The zero-order valence-electron chi connectivity index (χ0n) is 8.76. The van der Waals surface area contributed by atoms with Crippen molar-refractivity contribution >= 4 is 5.91 Å². The molecule has 1 saturated carbocycles. The fraction of sp³-hybridized carbons (Fsp3) is 0.600. The summed E-state index contributed by atoms with van der Waals surface area (Å²) in [6.07, 6.45) is 7.52. The number of hydrogen-bond acceptors (Lipinski definition) is 3. The summed E-state index contributed by atoms with van der Waals surface area (Å²) in [6, 6.07) is 0.158. The monoisotopic (exact) mass is 208 g/mol. The van der Waals surface area contributed by atoms with Crippen LogP contribution in [0, 0.1) is 0 Å². The first-order valence-corrected chi connectivity index (χ1v) is 5.21. The van der Waals surface area contributed by atoms with Crippen LogP contribution in [0.2, 0.25) is 0 Å². The average Bonchev–Trinajstić information content (AvgIpc) is 2.84. The molecule has 1 amide bonds. The predicted molar refractivity (Wildman–Crippen MR) is 56.1 cm³/mol. The molecule has 2 rings (SSSR count). The second kappa shape index (κ2) is 4.02. The highest BCUT2D eigenvalue weighted by Gasteiger charge is 2.31. The van der Waals surface area contributed by atoms with E-state index in [4.69, 9.17) is 5.73 Å². The topological polar surface area (TPSA) is 72.9 Å². The number of carbonyl (C=O) groups is 1. The van der Waals surface area contributed by atoms with Gasteiger partial charge in [0.05, 0.1) is 12.4 Å². The molecule has 1 aliphatic carbocycles. The van der Waals surface area contributed by atoms with Crippen molar-refractivity contribution in [1.29, 1.82) is 0 Å². The highest BCUT2D eigenvalue weighted by Crippen LogP contribution is 2.22. The van der Waals surface area contributed by atoms with Crippen molar-refractivity contribution in [2.75, 3.05) is 0 Å². The van der Waals surface area contributed by atoms with Gasteiger partial charge in [-0.3, -0.25) is 4.79 Å². The van der Waals surface area contributed by atoms with Crippen LogP contribution in [-0.4, -0.2) is 27.5 Å². The second-order valence-electron chi connectivity index (χ2n) is 4.07. The Morgan fingerprint density at radius 1 is 1.67 bits per heavy atom. The van der Waals surface area contributed by atoms with Crippen molar-refractivity contribution in [1.82, 2.24) is 14.9 Å². The van der Waals surface area contributed by atoms with Gasteiger partial charge in [0, 0.05) is 18.4 Å². The minimum atomic E-state index is -0.313. The Bertz CT molecular complexity index is 331. The number of rotatable bonds is 5. The Hall–Kier alpha value is -1.36. The lowest BCUT2D eigenvalue weighted by Gasteiger charge is -2.23. The first-order valence-electron chi connectivity index (χ1n) is 5.21. The van der Waals surface area contributed by atoms with E-state index in [-0.39, 0.29) is 18.0 Å². The Labute approximate surface area is 88.7 Å². The average molecular weight is 208 g/mol. The van der Waals surface area contributed by atoms with Crippen molar-refractivity contribution in [3.63, 3.8) is 0 Å². The molecule has 0 radical (unpaired) electrons. The van der Waals surface area contributed by atoms with E-state index in [9.17, 15) is 4.79 Å². The number of carbonyl (C=O) groups excluding carboxylic acids is 1. The van der Waals surface area contributed by atoms with Crippen molar-refractivity contribution in [3.8, 4) is 0 Å². The van der Waals surface area contributed by atoms with Gasteiger partial charge in [0.1, 0.15) is 6.04 Å². The van der Waals surface area contributed by atoms with Crippen LogP contribution < -0.4 is 11.1 Å². The maximum absolute atomic E-state index is 11.3. The number of aromatic nitrogens is 2. The Morgan fingerprint density at radius 3 is 2.87 bits per heavy atom. The third-order valence-corrected chi connectivity index (χ3v) is 2.78. The van der Waals surface area contributed by atoms with Crippen LogP contribution in [0.4, 0.5) is 0 Å². The Morgan fingerprint density at radius 2 is 2.40 bits per heavy atom. The van der Waals surface area contributed by atoms with Crippen LogP contribution in [0.3, 0.4) is 0 Å². The van der Waals surface area contributed by atoms with E-state index in [0.717, 1.165) is 12.8 Å². The summed E-state index contributed by atoms with van der Waals surface area (Å²) in [5, 5.41) is 3.26. The van der Waals surface area contributed by atoms with Crippen LogP contribution >= 0.6 is 0 Å². The van der Waals surface area contributed by atoms with Gasteiger partial charge >= 0.3 is 0 Å². The van der Waals surface area contributed by atoms with Gasteiger partial charge in [-0.15, -0.1) is 0 Å². The number of hydrogen-bond donors (Lipinski definition) is 2. The SMILES string of the molecule is CC(C(NC1CC1)C(N)=O)n1ccnc1. The smallest absolute Gasteiger partial charge is 0.236 e. The molecule has 2 unspecified atom stereocenters. The zero-order chi connectivity index (χ0) is 10.8. The molecule has 0 aromatic carbocycles. The number of imidazole rings is 1. The molecular weight excluding hydrogens is 192 g/mol. The maximum atomic E-state index is 11.3. The number of nitrogens with one attached hydrogen (secondary N) is 1. The second-order valence-corrected chi connectivity index (χ2v) is 4.07. The molecule has 1 fully saturated rings. The summed E-state index contributed by atoms with van der Waals surface area (Å²) >= 11 is 0. The van der Waals surface area contributed by atoms with Gasteiger partial charge in [-0.05, 0) is 19.8 Å². The van der Waals surface area contributed by atoms with Gasteiger partial charge in [-0.2, -0.15) is 0 Å². The van der Waals surface area contributed by atoms with Gasteiger partial charge in [-0.1, -0.05) is 0 Å². The van der Waals surface area contributed by atoms with Crippen LogP contribution in [0.15, 0.2) is 18.7 Å². The van der Waals surface area contributed by atoms with E-state index in [2.05, 4.69) is 10.3 Å². The van der Waals surface area contributed by atoms with E-state index < -0.39 is 0 Å². The lowest BCUT2D eigenvalue weighted by atomic mass is 10.1. The molecule has 15 heavy (non-hydrogen) atoms. The third-order valence-electron chi connectivity index (χ3n) is 2.78. The Balaban J connectivity index is 2.05. The molecule has 82 valence electrons. The van der Waals surface area contributed by atoms with Crippen molar-refractivity contribution in [3.05, 3.63) is 18.7 Å². The lowest BCUT2D eigenvalue weighted by Crippen LogP contribution is -2.47. The molecule has 0 bridgehead atoms. The van der Waals surface area contributed by atoms with Crippen molar-refractivity contribution in [2.24, 2.45) is 5.73 Å². The minimum Gasteiger partial charge on any atom is -0.368 e. The van der Waals surface area contributed by atoms with Crippen molar-refractivity contribution in [2.45, 2.75) is 37.9 Å². The van der Waals surface area contributed by atoms with E-state index in [0.29, 0.717) is 6.04 Å². The fourth-order valence-corrected chi connectivity index (χ4v) is 1.65. The molecule has 5 heteroatoms. The van der Waals surface area contributed by atoms with E-state index in [1.54, 1.807) is 12.5 Å². The number of primary amides is 1. The molecule has 1 aromatic rings. The summed E-state index contributed by atoms with van der Waals surface area (Å²) in [5.74, 6) is -0.303. The van der Waals surface area contributed by atoms with Crippen LogP contribution in [-0.2, 0) is 4.79 Å². The van der Waals surface area contributed by atoms with E-state index >= 15 is 0 Å². The molecule has 0 spiro atoms. The summed E-state index contributed by atoms with van der Waals surface area (Å²) in [5.41, 5.74) is 5.38. The fourth-order valence-electron chi connectivity index (χ4n) is 1.65. The van der Waals surface area contributed by atoms with Crippen LogP contribution in [0.1, 0.15) is 25.8 Å². The Kier molecular flexibility index (Phi) is 2.73. The molecule has 1 aromatic heterocycles. The van der Waals surface area contributed by atoms with E-state index in [1.807, 2.05) is 17.7 Å². The number of nitrogens with zero attached hydrogens (tertiary/aromatic N) is 2. The summed E-state index contributed by atoms with van der Waals surface area (Å²) in [4.78, 5) is 15.3. The molecule has 2 atom stereocenters. The highest BCUT2D eigenvalue weighted by molar-refractivity contribution is 5.80. The van der Waals surface area contributed by atoms with Crippen LogP contribution in [0.25, 0.3) is 0 Å². The largest absolute Gasteiger partial charge is 0.368 e. The van der Waals surface area contributed by atoms with E-state index in [1.165, 1.54) is 0 Å². The normalized spacial score (nSPS) is 19.8. The predicted octanol–water partition coefficient (Wildman–Crippen LogP) is 0.0500. The molecule has 3 N–H and O–H groups in total. The molecule has 5 nitrogen and oxygen atoms in total. The molecule has 0 saturated heterocycles. The van der Waals surface area contributed by atoms with Gasteiger partial charge in [0.15, 0.2) is 0 Å². The lowest BCUT2D eigenvalue weighted by molar-refractivity contribution is -0.121. The standard InChI is InChI=1S/C10H16N4O/c1-7(14-5-4-12-6-14)9(10(11)15)13-8-2-3-8/h4-9,13H,2-3H2,1H3,(H2,11,15). The number of nitrogens with two attached hydrogens (primary N) is 1. The molecule has 1 heterocycles. The van der Waals surface area contributed by atoms with Gasteiger partial charge in [0.2, 0.25) is 5.91 Å². The summed E-state index contributed by atoms with van der Waals surface area (Å²) in [6.45, 7) is 1.96. The maximum Gasteiger partial charge on any atom is 0.236 e. The molecule has 1 aliphatic rings. The molecular formula is C10H16N4O. The van der Waals surface area contributed by atoms with Gasteiger partial charge in [0.25, 0.3) is 0 Å². The number of amides is 1. The van der Waals surface area contributed by atoms with Gasteiger partial charge < -0.3 is 15.6 Å². The summed E-state index contributed by atoms with van der Waals surface area (Å²) in [7, 11) is 0. The quantitative estimate of drug-likeness (QED) is 0.718. The zero-order valence-corrected chi connectivity index (χ0v) is 8.76. The molecule has 0 aliphatic heterocycles. The third kappa shape index (κ3) is 2.36. The van der Waals surface area contributed by atoms with Crippen molar-refractivity contribution < 1.29 is 4.79 Å². The first kappa shape index (κ1) is 10.2. The van der Waals surface area contributed by atoms with Crippen LogP contribution in [0.5, 0.6) is 0 Å². The minimum absolute atomic E-state index is 0.00519. The highest BCUT2D eigenvalue weighted by atomic mass is 16.1. The summed E-state index contributed by atoms with van der Waals surface area (Å²) < 4.78 is 1.89. The van der Waals surface area contributed by atoms with Gasteiger partial charge in [-0.25, -0.2) is 4.98 Å².